The van der Waals surface area contributed by atoms with E-state index in [9.17, 15) is 13.2 Å². The number of sulfonamides is 1. The number of carbonyl (C=O) groups is 1. The van der Waals surface area contributed by atoms with Crippen LogP contribution in [0.1, 0.15) is 25.3 Å². The van der Waals surface area contributed by atoms with Crippen LogP contribution in [0.15, 0.2) is 29.2 Å². The number of aryl methyl sites for hydroxylation is 1. The van der Waals surface area contributed by atoms with Crippen molar-refractivity contribution in [3.63, 3.8) is 0 Å². The lowest BCUT2D eigenvalue weighted by Gasteiger charge is -2.06. The fourth-order valence-corrected chi connectivity index (χ4v) is 1.92. The van der Waals surface area contributed by atoms with Gasteiger partial charge in [0.05, 0.1) is 4.90 Å². The second-order valence-electron chi connectivity index (χ2n) is 3.62. The van der Waals surface area contributed by atoms with Crippen LogP contribution < -0.4 is 4.89 Å². The second-order valence-corrected chi connectivity index (χ2v) is 5.27. The molecule has 18 heavy (non-hydrogen) atoms. The highest BCUT2D eigenvalue weighted by Crippen LogP contribution is 2.09. The van der Waals surface area contributed by atoms with E-state index in [2.05, 4.69) is 4.84 Å². The first-order valence-electron chi connectivity index (χ1n) is 5.24. The predicted molar refractivity (Wildman–Crippen MR) is 69.7 cm³/mol. The summed E-state index contributed by atoms with van der Waals surface area (Å²) >= 11 is 0. The van der Waals surface area contributed by atoms with Crippen LogP contribution in [0, 0.1) is 6.92 Å². The summed E-state index contributed by atoms with van der Waals surface area (Å²) in [6.07, 6.45) is 0.779. The molecule has 0 fully saturated rings. The summed E-state index contributed by atoms with van der Waals surface area (Å²) in [6, 6.07) is 6.24. The van der Waals surface area contributed by atoms with Crippen molar-refractivity contribution >= 4 is 28.4 Å². The molecule has 0 spiro atoms. The molecule has 102 valence electrons. The summed E-state index contributed by atoms with van der Waals surface area (Å²) in [5.41, 5.74) is 0.951. The smallest absolute Gasteiger partial charge is 0.326 e. The summed E-state index contributed by atoms with van der Waals surface area (Å²) in [7, 11) is -3.78. The largest absolute Gasteiger partial charge is 0.356 e. The molecule has 0 bridgehead atoms. The molecule has 0 aliphatic carbocycles. The highest BCUT2D eigenvalue weighted by Gasteiger charge is 2.15. The third-order valence-electron chi connectivity index (χ3n) is 2.05. The quantitative estimate of drug-likeness (QED) is 0.842. The highest BCUT2D eigenvalue weighted by atomic mass is 35.5. The zero-order valence-corrected chi connectivity index (χ0v) is 11.8. The maximum atomic E-state index is 11.7. The molecule has 0 heterocycles. The maximum Gasteiger partial charge on any atom is 0.326 e. The molecular formula is C11H16ClNO4S. The molecule has 0 saturated heterocycles. The molecule has 0 aliphatic rings. The van der Waals surface area contributed by atoms with Crippen molar-refractivity contribution in [3.05, 3.63) is 29.8 Å². The van der Waals surface area contributed by atoms with Crippen LogP contribution in [0.4, 0.5) is 0 Å². The van der Waals surface area contributed by atoms with Crippen LogP contribution in [0.3, 0.4) is 0 Å². The molecular weight excluding hydrogens is 278 g/mol. The second kappa shape index (κ2) is 7.35. The van der Waals surface area contributed by atoms with Gasteiger partial charge in [-0.3, -0.25) is 4.79 Å². The van der Waals surface area contributed by atoms with Crippen molar-refractivity contribution in [3.8, 4) is 0 Å². The third-order valence-corrected chi connectivity index (χ3v) is 3.25. The first kappa shape index (κ1) is 16.9. The summed E-state index contributed by atoms with van der Waals surface area (Å²) in [5, 5.41) is 0. The third kappa shape index (κ3) is 5.03. The zero-order chi connectivity index (χ0) is 12.9. The number of hydrogen-bond acceptors (Lipinski definition) is 4. The van der Waals surface area contributed by atoms with Gasteiger partial charge in [-0.15, -0.1) is 12.4 Å². The number of hydrogen-bond donors (Lipinski definition) is 1. The number of halogens is 1. The van der Waals surface area contributed by atoms with Gasteiger partial charge in [-0.25, -0.2) is 8.42 Å². The van der Waals surface area contributed by atoms with E-state index in [4.69, 9.17) is 0 Å². The zero-order valence-electron chi connectivity index (χ0n) is 10.2. The van der Waals surface area contributed by atoms with E-state index in [1.165, 1.54) is 12.1 Å². The maximum absolute atomic E-state index is 11.7. The van der Waals surface area contributed by atoms with Crippen LogP contribution >= 0.6 is 12.4 Å². The first-order chi connectivity index (χ1) is 7.95. The minimum atomic E-state index is -3.78. The average molecular weight is 294 g/mol. The lowest BCUT2D eigenvalue weighted by molar-refractivity contribution is -0.147. The molecule has 0 atom stereocenters. The Bertz CT molecular complexity index is 484. The van der Waals surface area contributed by atoms with Crippen LogP contribution in [0.2, 0.25) is 0 Å². The monoisotopic (exact) mass is 293 g/mol. The van der Waals surface area contributed by atoms with Crippen LogP contribution in [0.25, 0.3) is 0 Å². The van der Waals surface area contributed by atoms with Gasteiger partial charge in [-0.05, 0) is 30.4 Å². The lowest BCUT2D eigenvalue weighted by atomic mass is 10.2. The Balaban J connectivity index is 0.00000289. The van der Waals surface area contributed by atoms with E-state index >= 15 is 0 Å². The minimum Gasteiger partial charge on any atom is -0.356 e. The summed E-state index contributed by atoms with van der Waals surface area (Å²) in [6.45, 7) is 3.65. The standard InChI is InChI=1S/C11H15NO4S.ClH/c1-3-4-11(13)16-12-17(14,15)10-7-5-9(2)6-8-10;/h5-8,12H,3-4H2,1-2H3;1H. The summed E-state index contributed by atoms with van der Waals surface area (Å²) in [4.78, 5) is 17.3. The van der Waals surface area contributed by atoms with E-state index in [0.717, 1.165) is 5.56 Å². The molecule has 0 aromatic heterocycles. The van der Waals surface area contributed by atoms with Crippen LogP contribution in [-0.4, -0.2) is 14.4 Å². The number of nitrogens with one attached hydrogen (secondary N) is 1. The van der Waals surface area contributed by atoms with E-state index in [0.29, 0.717) is 6.42 Å². The Hall–Kier alpha value is -1.11. The Labute approximate surface area is 113 Å². The van der Waals surface area contributed by atoms with E-state index in [1.54, 1.807) is 23.9 Å². The fraction of sp³-hybridized carbons (Fsp3) is 0.364. The normalized spacial score (nSPS) is 10.6. The molecule has 1 N–H and O–H groups in total. The Morgan fingerprint density at radius 3 is 2.33 bits per heavy atom. The Morgan fingerprint density at radius 1 is 1.28 bits per heavy atom. The molecule has 5 nitrogen and oxygen atoms in total. The van der Waals surface area contributed by atoms with Crippen LogP contribution in [-0.2, 0) is 19.7 Å². The number of benzene rings is 1. The van der Waals surface area contributed by atoms with E-state index < -0.39 is 16.0 Å². The van der Waals surface area contributed by atoms with Crippen molar-refractivity contribution < 1.29 is 18.0 Å². The molecule has 0 radical (unpaired) electrons. The molecule has 0 amide bonds. The van der Waals surface area contributed by atoms with Gasteiger partial charge in [0, 0.05) is 6.42 Å². The molecule has 1 aromatic carbocycles. The topological polar surface area (TPSA) is 72.5 Å². The van der Waals surface area contributed by atoms with Gasteiger partial charge in [0.2, 0.25) is 0 Å². The van der Waals surface area contributed by atoms with E-state index in [1.807, 2.05) is 6.92 Å². The van der Waals surface area contributed by atoms with Gasteiger partial charge < -0.3 is 4.84 Å². The summed E-state index contributed by atoms with van der Waals surface area (Å²) in [5.74, 6) is -0.594. The fourth-order valence-electron chi connectivity index (χ4n) is 1.12. The van der Waals surface area contributed by atoms with Gasteiger partial charge >= 0.3 is 5.97 Å². The summed E-state index contributed by atoms with van der Waals surface area (Å²) < 4.78 is 23.3. The average Bonchev–Trinajstić information content (AvgIpc) is 2.28. The Kier molecular flexibility index (Phi) is 6.90. The predicted octanol–water partition coefficient (Wildman–Crippen LogP) is 1.95. The van der Waals surface area contributed by atoms with Crippen LogP contribution in [0.5, 0.6) is 0 Å². The molecule has 0 saturated carbocycles. The van der Waals surface area contributed by atoms with Crippen molar-refractivity contribution in [2.45, 2.75) is 31.6 Å². The molecule has 1 aromatic rings. The number of carbonyl (C=O) groups excluding carboxylic acids is 1. The van der Waals surface area contributed by atoms with Gasteiger partial charge in [0.25, 0.3) is 10.0 Å². The van der Waals surface area contributed by atoms with Crippen molar-refractivity contribution in [1.29, 1.82) is 0 Å². The molecule has 0 unspecified atom stereocenters. The molecule has 0 aliphatic heterocycles. The van der Waals surface area contributed by atoms with E-state index in [-0.39, 0.29) is 23.7 Å². The Morgan fingerprint density at radius 2 is 1.83 bits per heavy atom. The SMILES string of the molecule is CCCC(=O)ONS(=O)(=O)c1ccc(C)cc1.Cl. The van der Waals surface area contributed by atoms with Gasteiger partial charge in [0.15, 0.2) is 0 Å². The van der Waals surface area contributed by atoms with Gasteiger partial charge in [-0.2, -0.15) is 0 Å². The molecule has 7 heteroatoms. The van der Waals surface area contributed by atoms with Crippen molar-refractivity contribution in [2.75, 3.05) is 0 Å². The van der Waals surface area contributed by atoms with Crippen molar-refractivity contribution in [1.82, 2.24) is 4.89 Å². The lowest BCUT2D eigenvalue weighted by Crippen LogP contribution is -2.27. The van der Waals surface area contributed by atoms with Gasteiger partial charge in [0.1, 0.15) is 0 Å². The first-order valence-corrected chi connectivity index (χ1v) is 6.72. The van der Waals surface area contributed by atoms with Crippen molar-refractivity contribution in [2.24, 2.45) is 0 Å². The number of rotatable bonds is 5. The van der Waals surface area contributed by atoms with Gasteiger partial charge in [-0.1, -0.05) is 24.6 Å². The highest BCUT2D eigenvalue weighted by molar-refractivity contribution is 7.89. The molecule has 1 rings (SSSR count). The minimum absolute atomic E-state index is 0.